The van der Waals surface area contributed by atoms with Gasteiger partial charge in [-0.25, -0.2) is 4.98 Å². The monoisotopic (exact) mass is 730 g/mol. The molecule has 0 aliphatic rings. The summed E-state index contributed by atoms with van der Waals surface area (Å²) in [6.45, 7) is 0. The van der Waals surface area contributed by atoms with E-state index in [9.17, 15) is 0 Å². The number of benzene rings is 9. The second-order valence-electron chi connectivity index (χ2n) is 14.3. The average Bonchev–Trinajstić information content (AvgIpc) is 3.90. The smallest absolute Gasteiger partial charge is 0.227 e. The topological polar surface area (TPSA) is 42.4 Å². The van der Waals surface area contributed by atoms with Crippen molar-refractivity contribution in [1.29, 1.82) is 0 Å². The first-order valence-electron chi connectivity index (χ1n) is 19.2. The van der Waals surface area contributed by atoms with Crippen molar-refractivity contribution in [2.24, 2.45) is 0 Å². The molecule has 0 saturated heterocycles. The summed E-state index contributed by atoms with van der Waals surface area (Å²) in [4.78, 5) is 7.43. The van der Waals surface area contributed by atoms with Gasteiger partial charge in [-0.1, -0.05) is 146 Å². The summed E-state index contributed by atoms with van der Waals surface area (Å²) < 4.78 is 12.8. The molecule has 0 bridgehead atoms. The van der Waals surface area contributed by atoms with Crippen molar-refractivity contribution in [3.8, 4) is 44.8 Å². The Morgan fingerprint density at radius 2 is 0.965 bits per heavy atom. The van der Waals surface area contributed by atoms with E-state index < -0.39 is 0 Å². The van der Waals surface area contributed by atoms with E-state index in [0.717, 1.165) is 66.8 Å². The van der Waals surface area contributed by atoms with E-state index in [2.05, 4.69) is 163 Å². The molecule has 0 aliphatic heterocycles. The molecule has 0 N–H and O–H groups in total. The fourth-order valence-corrected chi connectivity index (χ4v) is 8.26. The number of aromatic nitrogens is 1. The number of anilines is 3. The lowest BCUT2D eigenvalue weighted by molar-refractivity contribution is 0.619. The largest absolute Gasteiger partial charge is 0.456 e. The lowest BCUT2D eigenvalue weighted by atomic mass is 9.95. The number of furan rings is 1. The van der Waals surface area contributed by atoms with Crippen molar-refractivity contribution < 1.29 is 8.83 Å². The van der Waals surface area contributed by atoms with Gasteiger partial charge in [0.15, 0.2) is 5.58 Å². The molecule has 0 unspecified atom stereocenters. The lowest BCUT2D eigenvalue weighted by Crippen LogP contribution is -2.10. The van der Waals surface area contributed by atoms with Crippen molar-refractivity contribution in [2.75, 3.05) is 4.90 Å². The van der Waals surface area contributed by atoms with Crippen LogP contribution in [-0.4, -0.2) is 4.98 Å². The molecule has 4 heteroatoms. The third-order valence-electron chi connectivity index (χ3n) is 10.9. The molecular formula is C53H34N2O2. The van der Waals surface area contributed by atoms with Gasteiger partial charge in [0, 0.05) is 27.7 Å². The summed E-state index contributed by atoms with van der Waals surface area (Å²) in [7, 11) is 0. The Bertz CT molecular complexity index is 3220. The second kappa shape index (κ2) is 13.6. The van der Waals surface area contributed by atoms with Gasteiger partial charge < -0.3 is 13.7 Å². The van der Waals surface area contributed by atoms with Gasteiger partial charge in [-0.3, -0.25) is 0 Å². The molecule has 268 valence electrons. The predicted molar refractivity (Wildman–Crippen MR) is 235 cm³/mol. The van der Waals surface area contributed by atoms with E-state index in [0.29, 0.717) is 5.89 Å². The van der Waals surface area contributed by atoms with Crippen LogP contribution in [0.2, 0.25) is 0 Å². The summed E-state index contributed by atoms with van der Waals surface area (Å²) in [6.07, 6.45) is 0. The zero-order valence-corrected chi connectivity index (χ0v) is 30.8. The number of hydrogen-bond acceptors (Lipinski definition) is 4. The van der Waals surface area contributed by atoms with Crippen LogP contribution in [0, 0.1) is 0 Å². The van der Waals surface area contributed by atoms with Crippen LogP contribution in [0.25, 0.3) is 88.6 Å². The maximum Gasteiger partial charge on any atom is 0.227 e. The quantitative estimate of drug-likeness (QED) is 0.164. The van der Waals surface area contributed by atoms with Crippen LogP contribution in [0.15, 0.2) is 215 Å². The molecule has 11 aromatic rings. The number of fused-ring (bicyclic) bond motifs is 6. The normalized spacial score (nSPS) is 11.5. The van der Waals surface area contributed by atoms with E-state index in [-0.39, 0.29) is 0 Å². The van der Waals surface area contributed by atoms with Gasteiger partial charge in [0.25, 0.3) is 0 Å². The third-order valence-corrected chi connectivity index (χ3v) is 10.9. The molecule has 0 amide bonds. The van der Waals surface area contributed by atoms with Crippen molar-refractivity contribution in [2.45, 2.75) is 0 Å². The van der Waals surface area contributed by atoms with Crippen LogP contribution in [0.3, 0.4) is 0 Å². The highest BCUT2D eigenvalue weighted by molar-refractivity contribution is 6.21. The van der Waals surface area contributed by atoms with E-state index in [4.69, 9.17) is 13.8 Å². The standard InChI is InChI=1S/C53H34N2O2/c1-4-14-35(15-5-1)36-26-28-40(29-27-36)55(46-31-30-42(37-16-6-2-7-17-37)44-22-10-11-23-45(44)46)41-21-12-20-39(34-41)43-24-13-25-47-50(43)51-48(56-47)32-33-49-52(51)54-53(57-49)38-18-8-3-9-19-38/h1-34H. The molecule has 2 aromatic heterocycles. The predicted octanol–water partition coefficient (Wildman–Crippen LogP) is 15.0. The first-order valence-corrected chi connectivity index (χ1v) is 19.2. The molecule has 11 rings (SSSR count). The Kier molecular flexibility index (Phi) is 7.78. The summed E-state index contributed by atoms with van der Waals surface area (Å²) >= 11 is 0. The average molecular weight is 731 g/mol. The van der Waals surface area contributed by atoms with Crippen LogP contribution in [0.5, 0.6) is 0 Å². The molecule has 2 heterocycles. The zero-order chi connectivity index (χ0) is 37.7. The van der Waals surface area contributed by atoms with Crippen molar-refractivity contribution in [3.63, 3.8) is 0 Å². The molecular weight excluding hydrogens is 697 g/mol. The summed E-state index contributed by atoms with van der Waals surface area (Å²) in [6, 6.07) is 72.4. The molecule has 0 fully saturated rings. The summed E-state index contributed by atoms with van der Waals surface area (Å²) in [5.74, 6) is 0.589. The maximum atomic E-state index is 6.51. The molecule has 0 aliphatic carbocycles. The lowest BCUT2D eigenvalue weighted by Gasteiger charge is -2.28. The van der Waals surface area contributed by atoms with Crippen LogP contribution < -0.4 is 4.90 Å². The minimum atomic E-state index is 0.589. The minimum absolute atomic E-state index is 0.589. The van der Waals surface area contributed by atoms with Gasteiger partial charge in [-0.2, -0.15) is 0 Å². The van der Waals surface area contributed by atoms with Crippen molar-refractivity contribution >= 4 is 60.9 Å². The van der Waals surface area contributed by atoms with Crippen LogP contribution in [0.1, 0.15) is 0 Å². The highest BCUT2D eigenvalue weighted by atomic mass is 16.4. The second-order valence-corrected chi connectivity index (χ2v) is 14.3. The first-order chi connectivity index (χ1) is 28.3. The zero-order valence-electron chi connectivity index (χ0n) is 30.8. The number of hydrogen-bond donors (Lipinski definition) is 0. The SMILES string of the molecule is c1ccc(-c2ccc(N(c3cccc(-c4cccc5oc6ccc7oc(-c8ccccc8)nc7c6c45)c3)c3ccc(-c4ccccc4)c4ccccc34)cc2)cc1. The molecule has 57 heavy (non-hydrogen) atoms. The highest BCUT2D eigenvalue weighted by Gasteiger charge is 2.22. The van der Waals surface area contributed by atoms with E-state index in [1.54, 1.807) is 0 Å². The molecule has 0 saturated carbocycles. The molecule has 9 aromatic carbocycles. The van der Waals surface area contributed by atoms with Gasteiger partial charge in [0.1, 0.15) is 16.7 Å². The fourth-order valence-electron chi connectivity index (χ4n) is 8.26. The Balaban J connectivity index is 1.11. The van der Waals surface area contributed by atoms with Crippen LogP contribution >= 0.6 is 0 Å². The third kappa shape index (κ3) is 5.66. The van der Waals surface area contributed by atoms with Crippen molar-refractivity contribution in [3.05, 3.63) is 206 Å². The number of nitrogens with zero attached hydrogens (tertiary/aromatic N) is 2. The Hall–Kier alpha value is -7.69. The molecule has 0 radical (unpaired) electrons. The van der Waals surface area contributed by atoms with Crippen LogP contribution in [-0.2, 0) is 0 Å². The Morgan fingerprint density at radius 1 is 0.351 bits per heavy atom. The van der Waals surface area contributed by atoms with E-state index in [1.165, 1.54) is 33.0 Å². The Labute approximate surface area is 329 Å². The summed E-state index contributed by atoms with van der Waals surface area (Å²) in [5, 5.41) is 4.33. The van der Waals surface area contributed by atoms with Gasteiger partial charge in [-0.05, 0) is 99.4 Å². The fraction of sp³-hybridized carbons (Fsp3) is 0. The molecule has 0 atom stereocenters. The highest BCUT2D eigenvalue weighted by Crippen LogP contribution is 2.45. The van der Waals surface area contributed by atoms with Gasteiger partial charge >= 0.3 is 0 Å². The number of oxazole rings is 1. The number of rotatable bonds is 7. The van der Waals surface area contributed by atoms with Gasteiger partial charge in [-0.15, -0.1) is 0 Å². The summed E-state index contributed by atoms with van der Waals surface area (Å²) in [5.41, 5.74) is 14.1. The molecule has 0 spiro atoms. The van der Waals surface area contributed by atoms with Crippen LogP contribution in [0.4, 0.5) is 17.1 Å². The van der Waals surface area contributed by atoms with E-state index >= 15 is 0 Å². The Morgan fingerprint density at radius 3 is 1.74 bits per heavy atom. The van der Waals surface area contributed by atoms with Gasteiger partial charge in [0.05, 0.1) is 11.1 Å². The maximum absolute atomic E-state index is 6.51. The first kappa shape index (κ1) is 32.7. The molecule has 4 nitrogen and oxygen atoms in total. The van der Waals surface area contributed by atoms with Gasteiger partial charge in [0.2, 0.25) is 5.89 Å². The van der Waals surface area contributed by atoms with Crippen molar-refractivity contribution in [1.82, 2.24) is 4.98 Å². The minimum Gasteiger partial charge on any atom is -0.456 e. The van der Waals surface area contributed by atoms with E-state index in [1.807, 2.05) is 48.5 Å².